The van der Waals surface area contributed by atoms with E-state index in [0.717, 1.165) is 16.9 Å². The van der Waals surface area contributed by atoms with Gasteiger partial charge in [0.05, 0.1) is 12.7 Å². The number of nitrogens with one attached hydrogen (secondary N) is 2. The predicted octanol–water partition coefficient (Wildman–Crippen LogP) is 1.17. The van der Waals surface area contributed by atoms with Gasteiger partial charge in [-0.05, 0) is 17.6 Å². The van der Waals surface area contributed by atoms with E-state index in [1.54, 1.807) is 18.0 Å². The summed E-state index contributed by atoms with van der Waals surface area (Å²) in [6.45, 7) is 1.50. The van der Waals surface area contributed by atoms with Gasteiger partial charge in [0.25, 0.3) is 5.56 Å². The first-order valence-corrected chi connectivity index (χ1v) is 10.8. The van der Waals surface area contributed by atoms with Crippen LogP contribution in [0, 0.1) is 5.92 Å². The summed E-state index contributed by atoms with van der Waals surface area (Å²) in [5.74, 6) is 0.713. The van der Waals surface area contributed by atoms with Gasteiger partial charge in [0, 0.05) is 37.3 Å². The second-order valence-electron chi connectivity index (χ2n) is 7.11. The van der Waals surface area contributed by atoms with Gasteiger partial charge in [-0.3, -0.25) is 14.7 Å². The van der Waals surface area contributed by atoms with Gasteiger partial charge in [-0.2, -0.15) is 11.8 Å². The molecule has 0 aliphatic heterocycles. The van der Waals surface area contributed by atoms with Crippen molar-refractivity contribution in [3.63, 3.8) is 0 Å². The van der Waals surface area contributed by atoms with Crippen LogP contribution in [0.2, 0.25) is 0 Å². The van der Waals surface area contributed by atoms with E-state index in [-0.39, 0.29) is 24.0 Å². The summed E-state index contributed by atoms with van der Waals surface area (Å²) in [5.41, 5.74) is 8.36. The lowest BCUT2D eigenvalue weighted by Crippen LogP contribution is -2.37. The van der Waals surface area contributed by atoms with Crippen molar-refractivity contribution in [3.05, 3.63) is 58.0 Å². The number of aliphatic hydroxyl groups is 2. The van der Waals surface area contributed by atoms with Crippen molar-refractivity contribution in [2.75, 3.05) is 30.9 Å². The van der Waals surface area contributed by atoms with E-state index >= 15 is 0 Å². The smallest absolute Gasteiger partial charge is 0.276 e. The monoisotopic (exact) mass is 417 g/mol. The molecule has 0 radical (unpaired) electrons. The molecule has 0 amide bonds. The predicted molar refractivity (Wildman–Crippen MR) is 117 cm³/mol. The molecule has 8 nitrogen and oxygen atoms in total. The zero-order valence-electron chi connectivity index (χ0n) is 16.3. The Hall–Kier alpha value is -2.33. The number of nitrogen functional groups attached to an aromatic ring is 1. The number of benzene rings is 1. The first kappa shape index (κ1) is 21.4. The Morgan fingerprint density at radius 2 is 2.03 bits per heavy atom. The number of rotatable bonds is 10. The standard InChI is InChI=1S/C20H27N5O3S/c1-29-12-15(16(27)11-26)10-25(8-13-5-3-2-4-6-13)9-14-7-22-18-17(14)23-20(21)24-19(18)28/h2-7,15-16,22,26-27H,8-12H2,1H3,(H3,21,23,24,28)/t15-,16-/m1/s1. The van der Waals surface area contributed by atoms with Crippen LogP contribution in [-0.4, -0.2) is 61.3 Å². The van der Waals surface area contributed by atoms with E-state index in [9.17, 15) is 15.0 Å². The largest absolute Gasteiger partial charge is 0.394 e. The molecule has 0 aliphatic carbocycles. The van der Waals surface area contributed by atoms with Crippen LogP contribution in [0.5, 0.6) is 0 Å². The molecule has 0 bridgehead atoms. The lowest BCUT2D eigenvalue weighted by Gasteiger charge is -2.29. The summed E-state index contributed by atoms with van der Waals surface area (Å²) < 4.78 is 0. The maximum absolute atomic E-state index is 12.1. The Morgan fingerprint density at radius 3 is 2.72 bits per heavy atom. The van der Waals surface area contributed by atoms with E-state index < -0.39 is 6.10 Å². The van der Waals surface area contributed by atoms with Crippen molar-refractivity contribution in [1.29, 1.82) is 0 Å². The van der Waals surface area contributed by atoms with Crippen molar-refractivity contribution in [2.24, 2.45) is 5.92 Å². The van der Waals surface area contributed by atoms with Crippen LogP contribution in [0.1, 0.15) is 11.1 Å². The summed E-state index contributed by atoms with van der Waals surface area (Å²) in [4.78, 5) is 24.1. The van der Waals surface area contributed by atoms with E-state index in [0.29, 0.717) is 30.7 Å². The number of hydrogen-bond donors (Lipinski definition) is 5. The lowest BCUT2D eigenvalue weighted by molar-refractivity contribution is 0.0374. The maximum Gasteiger partial charge on any atom is 0.276 e. The summed E-state index contributed by atoms with van der Waals surface area (Å²) in [7, 11) is 0. The quantitative estimate of drug-likeness (QED) is 0.335. The molecule has 3 aromatic rings. The number of fused-ring (bicyclic) bond motifs is 1. The fourth-order valence-corrected chi connectivity index (χ4v) is 4.21. The highest BCUT2D eigenvalue weighted by Gasteiger charge is 2.23. The highest BCUT2D eigenvalue weighted by molar-refractivity contribution is 7.98. The normalized spacial score (nSPS) is 13.8. The van der Waals surface area contributed by atoms with Crippen LogP contribution in [0.4, 0.5) is 5.95 Å². The molecule has 9 heteroatoms. The minimum Gasteiger partial charge on any atom is -0.394 e. The van der Waals surface area contributed by atoms with Gasteiger partial charge in [0.15, 0.2) is 0 Å². The molecule has 2 aromatic heterocycles. The molecule has 6 N–H and O–H groups in total. The van der Waals surface area contributed by atoms with Crippen LogP contribution >= 0.6 is 11.8 Å². The van der Waals surface area contributed by atoms with Gasteiger partial charge >= 0.3 is 0 Å². The fourth-order valence-electron chi connectivity index (χ4n) is 3.45. The van der Waals surface area contributed by atoms with E-state index in [2.05, 4.69) is 32.0 Å². The summed E-state index contributed by atoms with van der Waals surface area (Å²) in [5, 5.41) is 19.7. The van der Waals surface area contributed by atoms with Crippen molar-refractivity contribution in [1.82, 2.24) is 19.9 Å². The van der Waals surface area contributed by atoms with Crippen molar-refractivity contribution in [3.8, 4) is 0 Å². The Labute approximate surface area is 173 Å². The number of H-pyrrole nitrogens is 2. The second-order valence-corrected chi connectivity index (χ2v) is 8.02. The van der Waals surface area contributed by atoms with Crippen LogP contribution in [0.25, 0.3) is 11.0 Å². The van der Waals surface area contributed by atoms with E-state index in [4.69, 9.17) is 5.73 Å². The Balaban J connectivity index is 1.89. The zero-order chi connectivity index (χ0) is 20.8. The van der Waals surface area contributed by atoms with Crippen LogP contribution in [-0.2, 0) is 13.1 Å². The van der Waals surface area contributed by atoms with Crippen molar-refractivity contribution >= 4 is 28.7 Å². The molecule has 0 fully saturated rings. The molecular weight excluding hydrogens is 390 g/mol. The minimum absolute atomic E-state index is 0.0777. The minimum atomic E-state index is -0.791. The SMILES string of the molecule is CSC[C@@H](CN(Cc1ccccc1)Cc1c[nH]c2c(=O)[nH]c(N)nc12)[C@H](O)CO. The second kappa shape index (κ2) is 9.93. The first-order valence-electron chi connectivity index (χ1n) is 9.41. The average Bonchev–Trinajstić information content (AvgIpc) is 3.10. The van der Waals surface area contributed by atoms with Gasteiger partial charge in [-0.15, -0.1) is 0 Å². The molecule has 3 rings (SSSR count). The Bertz CT molecular complexity index is 975. The van der Waals surface area contributed by atoms with E-state index in [1.807, 2.05) is 24.5 Å². The third-order valence-electron chi connectivity index (χ3n) is 4.88. The van der Waals surface area contributed by atoms with Gasteiger partial charge in [0.1, 0.15) is 11.0 Å². The molecule has 2 heterocycles. The number of anilines is 1. The molecule has 0 aliphatic rings. The summed E-state index contributed by atoms with van der Waals surface area (Å²) >= 11 is 1.64. The van der Waals surface area contributed by atoms with Gasteiger partial charge < -0.3 is 20.9 Å². The first-order chi connectivity index (χ1) is 14.0. The molecule has 0 unspecified atom stereocenters. The zero-order valence-corrected chi connectivity index (χ0v) is 17.2. The number of hydrogen-bond acceptors (Lipinski definition) is 7. The highest BCUT2D eigenvalue weighted by atomic mass is 32.2. The fraction of sp³-hybridized carbons (Fsp3) is 0.400. The van der Waals surface area contributed by atoms with Crippen LogP contribution < -0.4 is 11.3 Å². The Kier molecular flexibility index (Phi) is 7.32. The Morgan fingerprint density at radius 1 is 1.28 bits per heavy atom. The number of nitrogens with zero attached hydrogens (tertiary/aromatic N) is 2. The average molecular weight is 418 g/mol. The topological polar surface area (TPSA) is 131 Å². The van der Waals surface area contributed by atoms with E-state index in [1.165, 1.54) is 0 Å². The third-order valence-corrected chi connectivity index (χ3v) is 5.64. The molecular formula is C20H27N5O3S. The third kappa shape index (κ3) is 5.39. The molecule has 2 atom stereocenters. The van der Waals surface area contributed by atoms with Crippen molar-refractivity contribution < 1.29 is 10.2 Å². The van der Waals surface area contributed by atoms with Crippen LogP contribution in [0.3, 0.4) is 0 Å². The molecule has 29 heavy (non-hydrogen) atoms. The number of aromatic nitrogens is 3. The summed E-state index contributed by atoms with van der Waals surface area (Å²) in [6.07, 6.45) is 2.97. The highest BCUT2D eigenvalue weighted by Crippen LogP contribution is 2.20. The van der Waals surface area contributed by atoms with Gasteiger partial charge in [-0.1, -0.05) is 30.3 Å². The molecule has 0 saturated heterocycles. The molecule has 1 aromatic carbocycles. The maximum atomic E-state index is 12.1. The molecule has 156 valence electrons. The number of nitrogens with two attached hydrogens (primary N) is 1. The molecule has 0 spiro atoms. The van der Waals surface area contributed by atoms with Crippen LogP contribution in [0.15, 0.2) is 41.3 Å². The number of aromatic amines is 2. The lowest BCUT2D eigenvalue weighted by atomic mass is 10.0. The molecule has 0 saturated carbocycles. The van der Waals surface area contributed by atoms with Crippen molar-refractivity contribution in [2.45, 2.75) is 19.2 Å². The van der Waals surface area contributed by atoms with Gasteiger partial charge in [0.2, 0.25) is 5.95 Å². The van der Waals surface area contributed by atoms with Gasteiger partial charge in [-0.25, -0.2) is 4.98 Å². The summed E-state index contributed by atoms with van der Waals surface area (Å²) in [6, 6.07) is 10.1. The number of aliphatic hydroxyl groups excluding tert-OH is 2. The number of thioether (sulfide) groups is 1.